The van der Waals surface area contributed by atoms with E-state index in [0.29, 0.717) is 17.7 Å². The number of benzene rings is 2. The summed E-state index contributed by atoms with van der Waals surface area (Å²) >= 11 is 0. The Kier molecular flexibility index (Phi) is 8.12. The third-order valence-electron chi connectivity index (χ3n) is 5.08. The first-order valence-electron chi connectivity index (χ1n) is 10.2. The second-order valence-electron chi connectivity index (χ2n) is 7.70. The third-order valence-corrected chi connectivity index (χ3v) is 5.08. The molecule has 0 aliphatic heterocycles. The number of aryl methyl sites for hydroxylation is 1. The summed E-state index contributed by atoms with van der Waals surface area (Å²) in [6.45, 7) is 2.13. The lowest BCUT2D eigenvalue weighted by Gasteiger charge is -2.39. The molecule has 37 heavy (non-hydrogen) atoms. The largest absolute Gasteiger partial charge is 0.463 e. The van der Waals surface area contributed by atoms with Crippen molar-refractivity contribution < 1.29 is 58.9 Å². The van der Waals surface area contributed by atoms with Crippen molar-refractivity contribution in [2.24, 2.45) is 0 Å². The van der Waals surface area contributed by atoms with Gasteiger partial charge in [-0.3, -0.25) is 4.79 Å². The normalized spacial score (nSPS) is 14.5. The summed E-state index contributed by atoms with van der Waals surface area (Å²) < 4.78 is 128. The highest BCUT2D eigenvalue weighted by Gasteiger charge is 2.72. The van der Waals surface area contributed by atoms with Gasteiger partial charge in [0.25, 0.3) is 11.5 Å². The maximum Gasteiger partial charge on any atom is 0.439 e. The molecule has 0 heterocycles. The lowest BCUT2D eigenvalue weighted by atomic mass is 9.92. The molecule has 0 saturated heterocycles. The van der Waals surface area contributed by atoms with Crippen LogP contribution >= 0.6 is 0 Å². The molecule has 1 atom stereocenters. The number of aliphatic hydroxyl groups is 1. The number of carbonyl (C=O) groups excluding carboxylic acids is 2. The summed E-state index contributed by atoms with van der Waals surface area (Å²) in [5.41, 5.74) is -11.6. The summed E-state index contributed by atoms with van der Waals surface area (Å²) in [5, 5.41) is 12.0. The first kappa shape index (κ1) is 29.7. The maximum absolute atomic E-state index is 13.9. The van der Waals surface area contributed by atoms with Crippen LogP contribution in [0.2, 0.25) is 0 Å². The summed E-state index contributed by atoms with van der Waals surface area (Å²) in [6.07, 6.45) is -18.1. The average Bonchev–Trinajstić information content (AvgIpc) is 2.76. The van der Waals surface area contributed by atoms with Crippen molar-refractivity contribution in [3.63, 3.8) is 0 Å². The number of halogens is 9. The minimum absolute atomic E-state index is 0.284. The molecule has 0 saturated carbocycles. The molecule has 6 nitrogen and oxygen atoms in total. The molecule has 0 aliphatic rings. The van der Waals surface area contributed by atoms with Gasteiger partial charge in [-0.1, -0.05) is 29.8 Å². The molecule has 0 aromatic heterocycles. The molecule has 2 aromatic rings. The van der Waals surface area contributed by atoms with Gasteiger partial charge in [0.2, 0.25) is 0 Å². The van der Waals surface area contributed by atoms with Gasteiger partial charge in [0.15, 0.2) is 0 Å². The Bertz CT molecular complexity index is 1100. The standard InChI is InChI=1S/C22H19F9N2O4/c1-3-37-17(35)18(36,20(23,24)25)14-8-10-15(11-9-14)32-19(21(26,27)28,22(29,30)31)33-16(34)13-6-4-12(2)5-7-13/h4-11,32,36H,3H2,1-2H3,(H,33,34). The molecule has 2 rings (SSSR count). The van der Waals surface area contributed by atoms with Crippen LogP contribution in [-0.4, -0.2) is 47.8 Å². The Morgan fingerprint density at radius 1 is 0.811 bits per heavy atom. The van der Waals surface area contributed by atoms with Gasteiger partial charge in [-0.2, -0.15) is 39.5 Å². The average molecular weight is 546 g/mol. The lowest BCUT2D eigenvalue weighted by Crippen LogP contribution is -2.72. The lowest BCUT2D eigenvalue weighted by molar-refractivity contribution is -0.294. The van der Waals surface area contributed by atoms with Crippen LogP contribution in [0.1, 0.15) is 28.4 Å². The highest BCUT2D eigenvalue weighted by Crippen LogP contribution is 2.45. The van der Waals surface area contributed by atoms with Crippen LogP contribution in [0.5, 0.6) is 0 Å². The monoisotopic (exact) mass is 546 g/mol. The topological polar surface area (TPSA) is 87.7 Å². The SMILES string of the molecule is CCOC(=O)C(O)(c1ccc(NC(NC(=O)c2ccc(C)cc2)(C(F)(F)F)C(F)(F)F)cc1)C(F)(F)F. The molecule has 0 radical (unpaired) electrons. The molecule has 0 bridgehead atoms. The number of anilines is 1. The number of amides is 1. The van der Waals surface area contributed by atoms with Crippen molar-refractivity contribution in [2.45, 2.75) is 43.6 Å². The number of hydrogen-bond donors (Lipinski definition) is 3. The molecule has 0 spiro atoms. The first-order chi connectivity index (χ1) is 16.8. The van der Waals surface area contributed by atoms with E-state index in [1.54, 1.807) is 6.92 Å². The number of rotatable bonds is 7. The fourth-order valence-electron chi connectivity index (χ4n) is 3.07. The van der Waals surface area contributed by atoms with Crippen LogP contribution in [-0.2, 0) is 15.1 Å². The van der Waals surface area contributed by atoms with Gasteiger partial charge in [0.1, 0.15) is 0 Å². The second kappa shape index (κ2) is 10.1. The second-order valence-corrected chi connectivity index (χ2v) is 7.70. The van der Waals surface area contributed by atoms with E-state index in [0.717, 1.165) is 29.7 Å². The number of nitrogens with one attached hydrogen (secondary N) is 2. The summed E-state index contributed by atoms with van der Waals surface area (Å²) in [7, 11) is 0. The van der Waals surface area contributed by atoms with Crippen molar-refractivity contribution in [3.8, 4) is 0 Å². The Labute approximate surface area is 203 Å². The predicted molar refractivity (Wildman–Crippen MR) is 110 cm³/mol. The van der Waals surface area contributed by atoms with Crippen molar-refractivity contribution >= 4 is 17.6 Å². The van der Waals surface area contributed by atoms with Gasteiger partial charge in [0.05, 0.1) is 6.61 Å². The molecule has 3 N–H and O–H groups in total. The fraction of sp³-hybridized carbons (Fsp3) is 0.364. The van der Waals surface area contributed by atoms with E-state index >= 15 is 0 Å². The van der Waals surface area contributed by atoms with Gasteiger partial charge in [-0.25, -0.2) is 4.79 Å². The van der Waals surface area contributed by atoms with Crippen LogP contribution in [0.15, 0.2) is 48.5 Å². The van der Waals surface area contributed by atoms with E-state index in [2.05, 4.69) is 4.74 Å². The van der Waals surface area contributed by atoms with E-state index < -0.39 is 65.1 Å². The van der Waals surface area contributed by atoms with Crippen LogP contribution in [0, 0.1) is 6.92 Å². The van der Waals surface area contributed by atoms with Crippen molar-refractivity contribution in [2.75, 3.05) is 11.9 Å². The molecular weight excluding hydrogens is 527 g/mol. The van der Waals surface area contributed by atoms with Crippen molar-refractivity contribution in [3.05, 3.63) is 65.2 Å². The Morgan fingerprint density at radius 2 is 1.30 bits per heavy atom. The van der Waals surface area contributed by atoms with E-state index in [-0.39, 0.29) is 12.1 Å². The van der Waals surface area contributed by atoms with Crippen LogP contribution in [0.25, 0.3) is 0 Å². The van der Waals surface area contributed by atoms with E-state index in [4.69, 9.17) is 0 Å². The Morgan fingerprint density at radius 3 is 1.70 bits per heavy atom. The zero-order valence-corrected chi connectivity index (χ0v) is 18.9. The maximum atomic E-state index is 13.9. The molecular formula is C22H19F9N2O4. The minimum atomic E-state index is -6.21. The number of carbonyl (C=O) groups is 2. The number of esters is 1. The highest BCUT2D eigenvalue weighted by atomic mass is 19.4. The zero-order chi connectivity index (χ0) is 28.4. The molecule has 0 aliphatic carbocycles. The molecule has 1 unspecified atom stereocenters. The van der Waals surface area contributed by atoms with Crippen LogP contribution in [0.4, 0.5) is 45.2 Å². The Hall–Kier alpha value is -3.49. The van der Waals surface area contributed by atoms with Gasteiger partial charge in [0, 0.05) is 16.8 Å². The fourth-order valence-corrected chi connectivity index (χ4v) is 3.07. The summed E-state index contributed by atoms with van der Waals surface area (Å²) in [4.78, 5) is 24.1. The van der Waals surface area contributed by atoms with Crippen LogP contribution < -0.4 is 10.6 Å². The van der Waals surface area contributed by atoms with E-state index in [1.807, 2.05) is 0 Å². The van der Waals surface area contributed by atoms with E-state index in [9.17, 15) is 54.2 Å². The van der Waals surface area contributed by atoms with Gasteiger partial charge in [-0.15, -0.1) is 0 Å². The predicted octanol–water partition coefficient (Wildman–Crippen LogP) is 4.97. The van der Waals surface area contributed by atoms with Gasteiger partial charge >= 0.3 is 30.2 Å². The summed E-state index contributed by atoms with van der Waals surface area (Å²) in [6, 6.07) is 5.75. The number of hydrogen-bond acceptors (Lipinski definition) is 5. The summed E-state index contributed by atoms with van der Waals surface area (Å²) in [5.74, 6) is -3.92. The first-order valence-corrected chi connectivity index (χ1v) is 10.2. The van der Waals surface area contributed by atoms with Crippen molar-refractivity contribution in [1.82, 2.24) is 5.32 Å². The van der Waals surface area contributed by atoms with E-state index in [1.165, 1.54) is 12.1 Å². The third kappa shape index (κ3) is 5.76. The van der Waals surface area contributed by atoms with Gasteiger partial charge in [-0.05, 0) is 38.1 Å². The Balaban J connectivity index is 2.54. The molecule has 1 amide bonds. The minimum Gasteiger partial charge on any atom is -0.463 e. The number of alkyl halides is 9. The van der Waals surface area contributed by atoms with Gasteiger partial charge < -0.3 is 20.5 Å². The molecule has 204 valence electrons. The quantitative estimate of drug-likeness (QED) is 0.260. The zero-order valence-electron chi connectivity index (χ0n) is 18.9. The van der Waals surface area contributed by atoms with Crippen LogP contribution in [0.3, 0.4) is 0 Å². The van der Waals surface area contributed by atoms with Crippen molar-refractivity contribution in [1.29, 1.82) is 0 Å². The highest BCUT2D eigenvalue weighted by molar-refractivity contribution is 5.95. The molecule has 15 heteroatoms. The smallest absolute Gasteiger partial charge is 0.439 e. The molecule has 2 aromatic carbocycles. The molecule has 0 fully saturated rings. The number of ether oxygens (including phenoxy) is 1.